The molecule has 0 amide bonds. The summed E-state index contributed by atoms with van der Waals surface area (Å²) < 4.78 is 17.3. The van der Waals surface area contributed by atoms with E-state index in [-0.39, 0.29) is 12.2 Å². The number of likely N-dealkylation sites (tertiary alicyclic amines) is 1. The Balaban J connectivity index is 1.48. The summed E-state index contributed by atoms with van der Waals surface area (Å²) in [6, 6.07) is 0.663. The quantitative estimate of drug-likeness (QED) is 0.845. The first-order valence-corrected chi connectivity index (χ1v) is 8.50. The van der Waals surface area contributed by atoms with E-state index in [1.54, 1.807) is 0 Å². The van der Waals surface area contributed by atoms with Crippen LogP contribution in [-0.2, 0) is 14.2 Å². The lowest BCUT2D eigenvalue weighted by atomic mass is 9.83. The lowest BCUT2D eigenvalue weighted by Gasteiger charge is -2.47. The number of aliphatic hydroxyl groups is 1. The zero-order valence-corrected chi connectivity index (χ0v) is 13.0. The Morgan fingerprint density at radius 2 is 1.86 bits per heavy atom. The minimum absolute atomic E-state index is 0.0887. The van der Waals surface area contributed by atoms with Crippen molar-refractivity contribution < 1.29 is 19.3 Å². The van der Waals surface area contributed by atoms with E-state index < -0.39 is 0 Å². The molecule has 122 valence electrons. The van der Waals surface area contributed by atoms with Gasteiger partial charge in [0.1, 0.15) is 0 Å². The van der Waals surface area contributed by atoms with Crippen LogP contribution in [0.15, 0.2) is 0 Å². The Hall–Kier alpha value is -0.200. The molecule has 3 fully saturated rings. The predicted octanol–water partition coefficient (Wildman–Crippen LogP) is 1.19. The molecule has 3 aliphatic rings. The van der Waals surface area contributed by atoms with Crippen LogP contribution in [0.4, 0.5) is 0 Å². The third-order valence-corrected chi connectivity index (χ3v) is 5.31. The van der Waals surface area contributed by atoms with E-state index in [1.807, 2.05) is 0 Å². The van der Waals surface area contributed by atoms with Crippen LogP contribution < -0.4 is 0 Å². The molecule has 21 heavy (non-hydrogen) atoms. The molecule has 0 aliphatic carbocycles. The Labute approximate surface area is 127 Å². The van der Waals surface area contributed by atoms with Gasteiger partial charge in [0.25, 0.3) is 0 Å². The highest BCUT2D eigenvalue weighted by Crippen LogP contribution is 2.36. The molecule has 1 atom stereocenters. The summed E-state index contributed by atoms with van der Waals surface area (Å²) in [4.78, 5) is 2.64. The van der Waals surface area contributed by atoms with E-state index in [2.05, 4.69) is 4.90 Å². The fourth-order valence-corrected chi connectivity index (χ4v) is 4.03. The van der Waals surface area contributed by atoms with Crippen molar-refractivity contribution in [2.75, 3.05) is 46.1 Å². The number of ether oxygens (including phenoxy) is 3. The molecule has 1 spiro atoms. The Morgan fingerprint density at radius 1 is 1.10 bits per heavy atom. The van der Waals surface area contributed by atoms with Crippen molar-refractivity contribution in [2.24, 2.45) is 0 Å². The minimum atomic E-state index is 0.0887. The maximum absolute atomic E-state index is 8.83. The van der Waals surface area contributed by atoms with E-state index in [9.17, 15) is 0 Å². The van der Waals surface area contributed by atoms with Gasteiger partial charge in [0.15, 0.2) is 0 Å². The van der Waals surface area contributed by atoms with Crippen molar-refractivity contribution in [3.8, 4) is 0 Å². The summed E-state index contributed by atoms with van der Waals surface area (Å²) in [5.74, 6) is 0. The van der Waals surface area contributed by atoms with E-state index in [4.69, 9.17) is 19.3 Å². The second kappa shape index (κ2) is 7.38. The Kier molecular flexibility index (Phi) is 5.51. The molecule has 0 saturated carbocycles. The highest BCUT2D eigenvalue weighted by atomic mass is 16.5. The normalized spacial score (nSPS) is 31.6. The highest BCUT2D eigenvalue weighted by Gasteiger charge is 2.41. The number of piperidine rings is 1. The average molecular weight is 299 g/mol. The molecule has 1 unspecified atom stereocenters. The standard InChI is InChI=1S/C16H29NO4/c18-8-12-20-15-1-6-17(7-2-15)14-3-9-21-16(13-14)4-10-19-11-5-16/h14-15,18H,1-13H2. The first-order chi connectivity index (χ1) is 10.3. The molecule has 3 saturated heterocycles. The van der Waals surface area contributed by atoms with Crippen molar-refractivity contribution >= 4 is 0 Å². The Morgan fingerprint density at radius 3 is 2.57 bits per heavy atom. The van der Waals surface area contributed by atoms with E-state index in [0.717, 1.165) is 65.0 Å². The largest absolute Gasteiger partial charge is 0.394 e. The lowest BCUT2D eigenvalue weighted by Crippen LogP contribution is -2.53. The van der Waals surface area contributed by atoms with Gasteiger partial charge in [-0.2, -0.15) is 0 Å². The molecule has 0 aromatic rings. The van der Waals surface area contributed by atoms with E-state index in [0.29, 0.717) is 18.8 Å². The molecule has 0 aromatic heterocycles. The van der Waals surface area contributed by atoms with Gasteiger partial charge in [-0.1, -0.05) is 0 Å². The smallest absolute Gasteiger partial charge is 0.0741 e. The molecule has 3 heterocycles. The van der Waals surface area contributed by atoms with Gasteiger partial charge in [-0.05, 0) is 38.5 Å². The molecule has 5 nitrogen and oxygen atoms in total. The maximum Gasteiger partial charge on any atom is 0.0741 e. The molecular weight excluding hydrogens is 270 g/mol. The lowest BCUT2D eigenvalue weighted by molar-refractivity contribution is -0.154. The average Bonchev–Trinajstić information content (AvgIpc) is 2.54. The predicted molar refractivity (Wildman–Crippen MR) is 79.4 cm³/mol. The fraction of sp³-hybridized carbons (Fsp3) is 1.00. The van der Waals surface area contributed by atoms with Crippen molar-refractivity contribution in [3.63, 3.8) is 0 Å². The van der Waals surface area contributed by atoms with Gasteiger partial charge >= 0.3 is 0 Å². The van der Waals surface area contributed by atoms with E-state index >= 15 is 0 Å². The molecule has 0 bridgehead atoms. The molecule has 5 heteroatoms. The molecule has 0 radical (unpaired) electrons. The molecular formula is C16H29NO4. The molecule has 3 rings (SSSR count). The SMILES string of the molecule is OCCOC1CCN(C2CCOC3(CCOCC3)C2)CC1. The van der Waals surface area contributed by atoms with Gasteiger partial charge in [-0.3, -0.25) is 4.90 Å². The van der Waals surface area contributed by atoms with Gasteiger partial charge < -0.3 is 19.3 Å². The minimum Gasteiger partial charge on any atom is -0.394 e. The van der Waals surface area contributed by atoms with E-state index in [1.165, 1.54) is 6.42 Å². The summed E-state index contributed by atoms with van der Waals surface area (Å²) in [7, 11) is 0. The van der Waals surface area contributed by atoms with Gasteiger partial charge in [0, 0.05) is 39.0 Å². The summed E-state index contributed by atoms with van der Waals surface area (Å²) >= 11 is 0. The third kappa shape index (κ3) is 3.96. The van der Waals surface area contributed by atoms with Crippen LogP contribution in [0, 0.1) is 0 Å². The maximum atomic E-state index is 8.83. The highest BCUT2D eigenvalue weighted by molar-refractivity contribution is 4.93. The van der Waals surface area contributed by atoms with Crippen molar-refractivity contribution in [2.45, 2.75) is 56.3 Å². The number of nitrogens with zero attached hydrogens (tertiary/aromatic N) is 1. The topological polar surface area (TPSA) is 51.2 Å². The molecule has 3 aliphatic heterocycles. The summed E-state index contributed by atoms with van der Waals surface area (Å²) in [6.07, 6.45) is 6.95. The third-order valence-electron chi connectivity index (χ3n) is 5.31. The van der Waals surface area contributed by atoms with Gasteiger partial charge in [0.2, 0.25) is 0 Å². The second-order valence-electron chi connectivity index (χ2n) is 6.62. The fourth-order valence-electron chi connectivity index (χ4n) is 4.03. The van der Waals surface area contributed by atoms with Gasteiger partial charge in [-0.25, -0.2) is 0 Å². The zero-order valence-electron chi connectivity index (χ0n) is 13.0. The number of aliphatic hydroxyl groups excluding tert-OH is 1. The molecule has 0 aromatic carbocycles. The summed E-state index contributed by atoms with van der Waals surface area (Å²) in [5.41, 5.74) is 0.0887. The van der Waals surface area contributed by atoms with Crippen LogP contribution in [0.1, 0.15) is 38.5 Å². The van der Waals surface area contributed by atoms with Crippen LogP contribution in [0.25, 0.3) is 0 Å². The van der Waals surface area contributed by atoms with Crippen LogP contribution in [0.2, 0.25) is 0 Å². The number of hydrogen-bond donors (Lipinski definition) is 1. The van der Waals surface area contributed by atoms with Crippen LogP contribution in [-0.4, -0.2) is 73.9 Å². The first-order valence-electron chi connectivity index (χ1n) is 8.50. The summed E-state index contributed by atoms with van der Waals surface area (Å²) in [6.45, 7) is 5.44. The van der Waals surface area contributed by atoms with Gasteiger partial charge in [0.05, 0.1) is 24.9 Å². The van der Waals surface area contributed by atoms with Crippen LogP contribution >= 0.6 is 0 Å². The number of rotatable bonds is 4. The number of hydrogen-bond acceptors (Lipinski definition) is 5. The second-order valence-corrected chi connectivity index (χ2v) is 6.62. The summed E-state index contributed by atoms with van der Waals surface area (Å²) in [5, 5.41) is 8.83. The van der Waals surface area contributed by atoms with Crippen LogP contribution in [0.5, 0.6) is 0 Å². The zero-order chi connectivity index (χ0) is 14.5. The van der Waals surface area contributed by atoms with Crippen LogP contribution in [0.3, 0.4) is 0 Å². The van der Waals surface area contributed by atoms with Crippen molar-refractivity contribution in [3.05, 3.63) is 0 Å². The first kappa shape index (κ1) is 15.7. The van der Waals surface area contributed by atoms with Crippen molar-refractivity contribution in [1.82, 2.24) is 4.90 Å². The van der Waals surface area contributed by atoms with Gasteiger partial charge in [-0.15, -0.1) is 0 Å². The van der Waals surface area contributed by atoms with Crippen molar-refractivity contribution in [1.29, 1.82) is 0 Å². The Bertz CT molecular complexity index is 306. The molecule has 1 N–H and O–H groups in total. The monoisotopic (exact) mass is 299 g/mol.